The van der Waals surface area contributed by atoms with Gasteiger partial charge in [0.05, 0.1) is 17.1 Å². The van der Waals surface area contributed by atoms with Gasteiger partial charge in [0.1, 0.15) is 18.2 Å². The van der Waals surface area contributed by atoms with Crippen molar-refractivity contribution in [3.63, 3.8) is 0 Å². The molecule has 0 aliphatic heterocycles. The van der Waals surface area contributed by atoms with Crippen molar-refractivity contribution in [2.24, 2.45) is 0 Å². The smallest absolute Gasteiger partial charge is 0.269 e. The lowest BCUT2D eigenvalue weighted by Crippen LogP contribution is -2.42. The number of halogens is 1. The summed E-state index contributed by atoms with van der Waals surface area (Å²) in [5.74, 6) is -0.728. The molecule has 3 aromatic rings. The minimum absolute atomic E-state index is 0.0246. The molecule has 2 aromatic carbocycles. The lowest BCUT2D eigenvalue weighted by molar-refractivity contribution is -0.121. The fraction of sp³-hybridized carbons (Fsp3) is 0.150. The first kappa shape index (κ1) is 19.5. The molecule has 0 spiro atoms. The van der Waals surface area contributed by atoms with Crippen LogP contribution in [-0.4, -0.2) is 16.8 Å². The summed E-state index contributed by atoms with van der Waals surface area (Å²) < 4.78 is 18.5. The second kappa shape index (κ2) is 9.09. The largest absolute Gasteiger partial charge is 0.487 e. The third-order valence-corrected chi connectivity index (χ3v) is 4.57. The van der Waals surface area contributed by atoms with Crippen LogP contribution in [0.1, 0.15) is 26.6 Å². The number of amides is 2. The van der Waals surface area contributed by atoms with Gasteiger partial charge in [-0.3, -0.25) is 20.4 Å². The predicted octanol–water partition coefficient (Wildman–Crippen LogP) is 3.17. The number of carbonyl (C=O) groups is 2. The van der Waals surface area contributed by atoms with E-state index in [9.17, 15) is 14.0 Å². The Balaban J connectivity index is 1.50. The van der Waals surface area contributed by atoms with Crippen LogP contribution in [-0.2, 0) is 17.8 Å². The van der Waals surface area contributed by atoms with Crippen molar-refractivity contribution >= 4 is 23.2 Å². The van der Waals surface area contributed by atoms with Crippen molar-refractivity contribution in [3.8, 4) is 5.75 Å². The molecule has 2 N–H and O–H groups in total. The van der Waals surface area contributed by atoms with E-state index in [0.717, 1.165) is 10.7 Å². The number of hydrogen-bond donors (Lipinski definition) is 2. The molecular formula is C20H18FN3O3S. The minimum atomic E-state index is -0.470. The summed E-state index contributed by atoms with van der Waals surface area (Å²) in [5.41, 5.74) is 6.50. The van der Waals surface area contributed by atoms with Crippen LogP contribution < -0.4 is 15.6 Å². The molecule has 6 nitrogen and oxygen atoms in total. The molecule has 0 bridgehead atoms. The molecule has 1 aromatic heterocycles. The van der Waals surface area contributed by atoms with Gasteiger partial charge >= 0.3 is 0 Å². The SMILES string of the molecule is Cc1nc(COc2cccc(C(=O)NNC(=O)Cc3ccc(F)cc3)c2)cs1. The molecule has 0 fully saturated rings. The summed E-state index contributed by atoms with van der Waals surface area (Å²) in [6.45, 7) is 2.23. The molecule has 144 valence electrons. The molecular weight excluding hydrogens is 381 g/mol. The average Bonchev–Trinajstić information content (AvgIpc) is 3.12. The van der Waals surface area contributed by atoms with E-state index in [1.807, 2.05) is 12.3 Å². The molecule has 0 aliphatic rings. The highest BCUT2D eigenvalue weighted by atomic mass is 32.1. The molecule has 0 saturated carbocycles. The van der Waals surface area contributed by atoms with Crippen molar-refractivity contribution in [2.45, 2.75) is 20.0 Å². The highest BCUT2D eigenvalue weighted by molar-refractivity contribution is 7.09. The Morgan fingerprint density at radius 2 is 1.93 bits per heavy atom. The predicted molar refractivity (Wildman–Crippen MR) is 103 cm³/mol. The van der Waals surface area contributed by atoms with Gasteiger partial charge in [0.15, 0.2) is 0 Å². The molecule has 2 amide bonds. The first-order chi connectivity index (χ1) is 13.5. The monoisotopic (exact) mass is 399 g/mol. The van der Waals surface area contributed by atoms with Crippen LogP contribution in [0, 0.1) is 12.7 Å². The minimum Gasteiger partial charge on any atom is -0.487 e. The standard InChI is InChI=1S/C20H18FN3O3S/c1-13-22-17(12-28-13)11-27-18-4-2-3-15(10-18)20(26)24-23-19(25)9-14-5-7-16(21)8-6-14/h2-8,10,12H,9,11H2,1H3,(H,23,25)(H,24,26). The zero-order valence-electron chi connectivity index (χ0n) is 15.1. The first-order valence-electron chi connectivity index (χ1n) is 8.47. The fourth-order valence-electron chi connectivity index (χ4n) is 2.39. The zero-order valence-corrected chi connectivity index (χ0v) is 15.9. The molecule has 1 heterocycles. The maximum absolute atomic E-state index is 12.9. The van der Waals surface area contributed by atoms with Gasteiger partial charge in [-0.2, -0.15) is 0 Å². The summed E-state index contributed by atoms with van der Waals surface area (Å²) >= 11 is 1.54. The Morgan fingerprint density at radius 1 is 1.14 bits per heavy atom. The lowest BCUT2D eigenvalue weighted by Gasteiger charge is -2.09. The lowest BCUT2D eigenvalue weighted by atomic mass is 10.1. The van der Waals surface area contributed by atoms with Gasteiger partial charge in [0, 0.05) is 10.9 Å². The number of ether oxygens (including phenoxy) is 1. The summed E-state index contributed by atoms with van der Waals surface area (Å²) in [4.78, 5) is 28.5. The number of thiazole rings is 1. The van der Waals surface area contributed by atoms with Crippen molar-refractivity contribution in [1.82, 2.24) is 15.8 Å². The van der Waals surface area contributed by atoms with Crippen molar-refractivity contribution in [3.05, 3.63) is 81.6 Å². The van der Waals surface area contributed by atoms with Crippen LogP contribution in [0.3, 0.4) is 0 Å². The molecule has 0 aliphatic carbocycles. The normalized spacial score (nSPS) is 10.4. The Labute approximate surface area is 165 Å². The number of carbonyl (C=O) groups excluding carboxylic acids is 2. The van der Waals surface area contributed by atoms with E-state index >= 15 is 0 Å². The third kappa shape index (κ3) is 5.62. The molecule has 8 heteroatoms. The second-order valence-electron chi connectivity index (χ2n) is 5.98. The first-order valence-corrected chi connectivity index (χ1v) is 9.35. The van der Waals surface area contributed by atoms with Gasteiger partial charge < -0.3 is 4.74 Å². The van der Waals surface area contributed by atoms with Crippen molar-refractivity contribution in [1.29, 1.82) is 0 Å². The number of nitrogens with one attached hydrogen (secondary N) is 2. The van der Waals surface area contributed by atoms with Crippen LogP contribution in [0.5, 0.6) is 5.75 Å². The maximum Gasteiger partial charge on any atom is 0.269 e. The van der Waals surface area contributed by atoms with E-state index < -0.39 is 11.8 Å². The Kier molecular flexibility index (Phi) is 6.33. The third-order valence-electron chi connectivity index (χ3n) is 3.74. The number of nitrogens with zero attached hydrogens (tertiary/aromatic N) is 1. The van der Waals surface area contributed by atoms with Gasteiger partial charge in [0.2, 0.25) is 5.91 Å². The van der Waals surface area contributed by atoms with E-state index in [4.69, 9.17) is 4.74 Å². The number of benzene rings is 2. The van der Waals surface area contributed by atoms with E-state index in [-0.39, 0.29) is 12.2 Å². The van der Waals surface area contributed by atoms with Crippen LogP contribution in [0.25, 0.3) is 0 Å². The Bertz CT molecular complexity index is 973. The Morgan fingerprint density at radius 3 is 2.64 bits per heavy atom. The summed E-state index contributed by atoms with van der Waals surface area (Å²) in [6, 6.07) is 12.2. The number of hydrogen-bond acceptors (Lipinski definition) is 5. The Hall–Kier alpha value is -3.26. The van der Waals surface area contributed by atoms with E-state index in [1.165, 1.54) is 24.3 Å². The van der Waals surface area contributed by atoms with Gasteiger partial charge in [-0.25, -0.2) is 9.37 Å². The molecule has 0 atom stereocenters. The maximum atomic E-state index is 12.9. The number of rotatable bonds is 6. The summed E-state index contributed by atoms with van der Waals surface area (Å²) in [7, 11) is 0. The average molecular weight is 399 g/mol. The molecule has 0 unspecified atom stereocenters. The number of aromatic nitrogens is 1. The van der Waals surface area contributed by atoms with Gasteiger partial charge in [0.25, 0.3) is 5.91 Å². The van der Waals surface area contributed by atoms with Crippen LogP contribution in [0.4, 0.5) is 4.39 Å². The van der Waals surface area contributed by atoms with Gasteiger partial charge in [-0.05, 0) is 42.8 Å². The zero-order chi connectivity index (χ0) is 19.9. The van der Waals surface area contributed by atoms with E-state index in [0.29, 0.717) is 23.5 Å². The van der Waals surface area contributed by atoms with Crippen molar-refractivity contribution in [2.75, 3.05) is 0 Å². The molecule has 28 heavy (non-hydrogen) atoms. The fourth-order valence-corrected chi connectivity index (χ4v) is 2.99. The highest BCUT2D eigenvalue weighted by Crippen LogP contribution is 2.16. The van der Waals surface area contributed by atoms with Crippen LogP contribution >= 0.6 is 11.3 Å². The molecule has 3 rings (SSSR count). The second-order valence-corrected chi connectivity index (χ2v) is 7.04. The number of hydrazine groups is 1. The van der Waals surface area contributed by atoms with Gasteiger partial charge in [-0.15, -0.1) is 11.3 Å². The van der Waals surface area contributed by atoms with Crippen LogP contribution in [0.2, 0.25) is 0 Å². The van der Waals surface area contributed by atoms with Crippen LogP contribution in [0.15, 0.2) is 53.9 Å². The molecule has 0 saturated heterocycles. The quantitative estimate of drug-likeness (QED) is 0.624. The summed E-state index contributed by atoms with van der Waals surface area (Å²) in [5, 5.41) is 2.88. The van der Waals surface area contributed by atoms with Crippen molar-refractivity contribution < 1.29 is 18.7 Å². The van der Waals surface area contributed by atoms with E-state index in [2.05, 4.69) is 15.8 Å². The van der Waals surface area contributed by atoms with E-state index in [1.54, 1.807) is 35.6 Å². The number of aryl methyl sites for hydroxylation is 1. The van der Waals surface area contributed by atoms with Gasteiger partial charge in [-0.1, -0.05) is 18.2 Å². The topological polar surface area (TPSA) is 80.3 Å². The molecule has 0 radical (unpaired) electrons. The summed E-state index contributed by atoms with van der Waals surface area (Å²) in [6.07, 6.45) is 0.0246. The highest BCUT2D eigenvalue weighted by Gasteiger charge is 2.10.